The van der Waals surface area contributed by atoms with Crippen molar-refractivity contribution < 1.29 is 41.0 Å². The zero-order valence-electron chi connectivity index (χ0n) is 37.3. The Kier molecular flexibility index (Phi) is 6.25. The first-order chi connectivity index (χ1) is 27.8. The van der Waals surface area contributed by atoms with Crippen molar-refractivity contribution in [3.05, 3.63) is 168 Å². The molecule has 0 aliphatic carbocycles. The third-order valence-corrected chi connectivity index (χ3v) is 7.78. The van der Waals surface area contributed by atoms with E-state index < -0.39 is 27.4 Å². The average molecular weight is 811 g/mol. The molecule has 8 rings (SSSR count). The molecule has 0 unspecified atom stereocenters. The van der Waals surface area contributed by atoms with Gasteiger partial charge in [-0.15, -0.1) is 53.6 Å². The van der Waals surface area contributed by atoms with Crippen molar-refractivity contribution in [3.63, 3.8) is 0 Å². The van der Waals surface area contributed by atoms with E-state index in [4.69, 9.17) is 20.9 Å². The summed E-state index contributed by atoms with van der Waals surface area (Å²) in [6.45, 7) is -9.67. The van der Waals surface area contributed by atoms with E-state index in [0.29, 0.717) is 39.2 Å². The van der Waals surface area contributed by atoms with Gasteiger partial charge in [0.05, 0.1) is 5.58 Å². The van der Waals surface area contributed by atoms with Gasteiger partial charge in [0.2, 0.25) is 0 Å². The zero-order valence-corrected chi connectivity index (χ0v) is 27.7. The summed E-state index contributed by atoms with van der Waals surface area (Å²) in [7, 11) is 0. The Morgan fingerprint density at radius 2 is 1.35 bits per heavy atom. The third kappa shape index (κ3) is 6.78. The van der Waals surface area contributed by atoms with Gasteiger partial charge < -0.3 is 14.4 Å². The normalized spacial score (nSPS) is 15.5. The minimum atomic E-state index is -2.60. The molecule has 5 aromatic carbocycles. The number of hydrogen-bond acceptors (Lipinski definition) is 3. The first-order valence-electron chi connectivity index (χ1n) is 20.8. The summed E-state index contributed by atoms with van der Waals surface area (Å²) in [6.07, 6.45) is 2.48. The summed E-state index contributed by atoms with van der Waals surface area (Å²) in [5.74, 6) is 0. The van der Waals surface area contributed by atoms with Crippen LogP contribution in [0.1, 0.15) is 38.7 Å². The van der Waals surface area contributed by atoms with Crippen LogP contribution in [0.4, 0.5) is 0 Å². The van der Waals surface area contributed by atoms with Crippen molar-refractivity contribution in [2.45, 2.75) is 27.4 Å². The average Bonchev–Trinajstić information content (AvgIpc) is 3.58. The molecule has 237 valence electrons. The molecule has 0 spiro atoms. The summed E-state index contributed by atoms with van der Waals surface area (Å²) in [5, 5.41) is 1.76. The predicted molar refractivity (Wildman–Crippen MR) is 194 cm³/mol. The second kappa shape index (κ2) is 14.3. The van der Waals surface area contributed by atoms with Crippen molar-refractivity contribution >= 4 is 21.9 Å². The van der Waals surface area contributed by atoms with Crippen molar-refractivity contribution in [3.8, 4) is 44.8 Å². The Hall–Kier alpha value is -5.15. The molecule has 0 fully saturated rings. The van der Waals surface area contributed by atoms with Gasteiger partial charge in [0.15, 0.2) is 0 Å². The Balaban J connectivity index is 0.000000204. The first kappa shape index (κ1) is 21.0. The number of fused-ring (bicyclic) bond motifs is 3. The molecular formula is C44H34IrN2O-2. The van der Waals surface area contributed by atoms with E-state index in [2.05, 4.69) is 28.2 Å². The van der Waals surface area contributed by atoms with Crippen LogP contribution in [-0.2, 0) is 20.1 Å². The molecule has 1 radical (unpaired) electrons. The number of aryl methyl sites for hydroxylation is 4. The summed E-state index contributed by atoms with van der Waals surface area (Å²) >= 11 is 0. The maximum absolute atomic E-state index is 7.83. The summed E-state index contributed by atoms with van der Waals surface area (Å²) in [6, 6.07) is 42.4. The SMILES string of the molecule is [2H]C([2H])([2H])c1c[c-]c(-c2cc(-c3ccccc3)c(C([2H])([2H])[2H])cn2)cc1.[2H]C([2H])([2H])c1cnc(-c2[c-]ccc3c2oc2ccc(-c4ccccc4)cc23)cc1C([2H])([2H])[2H].[Ir]. The van der Waals surface area contributed by atoms with Crippen LogP contribution in [0.3, 0.4) is 0 Å². The molecule has 0 saturated heterocycles. The van der Waals surface area contributed by atoms with Crippen molar-refractivity contribution in [2.24, 2.45) is 0 Å². The van der Waals surface area contributed by atoms with Gasteiger partial charge in [-0.2, -0.15) is 0 Å². The summed E-state index contributed by atoms with van der Waals surface area (Å²) in [4.78, 5) is 8.54. The van der Waals surface area contributed by atoms with E-state index in [1.807, 2.05) is 78.9 Å². The Labute approximate surface area is 312 Å². The Morgan fingerprint density at radius 1 is 0.604 bits per heavy atom. The monoisotopic (exact) mass is 811 g/mol. The predicted octanol–water partition coefficient (Wildman–Crippen LogP) is 11.6. The zero-order chi connectivity index (χ0) is 42.3. The van der Waals surface area contributed by atoms with Crippen molar-refractivity contribution in [2.75, 3.05) is 0 Å². The van der Waals surface area contributed by atoms with E-state index in [1.54, 1.807) is 18.2 Å². The first-order valence-corrected chi connectivity index (χ1v) is 14.8. The van der Waals surface area contributed by atoms with Gasteiger partial charge in [-0.05, 0) is 77.5 Å². The second-order valence-electron chi connectivity index (χ2n) is 10.9. The largest absolute Gasteiger partial charge is 0.501 e. The third-order valence-electron chi connectivity index (χ3n) is 7.78. The van der Waals surface area contributed by atoms with Crippen LogP contribution in [0.2, 0.25) is 0 Å². The van der Waals surface area contributed by atoms with E-state index in [9.17, 15) is 0 Å². The number of benzene rings is 5. The van der Waals surface area contributed by atoms with Crippen LogP contribution < -0.4 is 0 Å². The molecule has 0 atom stereocenters. The van der Waals surface area contributed by atoms with Gasteiger partial charge in [0.1, 0.15) is 5.58 Å². The molecule has 8 aromatic rings. The number of aromatic nitrogens is 2. The van der Waals surface area contributed by atoms with Crippen LogP contribution in [-0.4, -0.2) is 9.97 Å². The molecule has 48 heavy (non-hydrogen) atoms. The minimum absolute atomic E-state index is 0. The molecule has 3 aromatic heterocycles. The molecule has 4 heteroatoms. The number of nitrogens with zero attached hydrogens (tertiary/aromatic N) is 2. The molecule has 0 bridgehead atoms. The second-order valence-corrected chi connectivity index (χ2v) is 10.9. The number of hydrogen-bond donors (Lipinski definition) is 0. The van der Waals surface area contributed by atoms with E-state index in [-0.39, 0.29) is 42.4 Å². The van der Waals surface area contributed by atoms with Crippen molar-refractivity contribution in [1.82, 2.24) is 9.97 Å². The smallest absolute Gasteiger partial charge is 0.120 e. The Morgan fingerprint density at radius 3 is 2.08 bits per heavy atom. The van der Waals surface area contributed by atoms with Crippen molar-refractivity contribution in [1.29, 1.82) is 0 Å². The van der Waals surface area contributed by atoms with Gasteiger partial charge in [0, 0.05) is 54.3 Å². The number of furan rings is 1. The van der Waals surface area contributed by atoms with Crippen LogP contribution in [0.5, 0.6) is 0 Å². The molecule has 0 amide bonds. The van der Waals surface area contributed by atoms with E-state index in [0.717, 1.165) is 33.7 Å². The molecular weight excluding hydrogens is 765 g/mol. The summed E-state index contributed by atoms with van der Waals surface area (Å²) < 4.78 is 98.2. The molecule has 0 aliphatic rings. The van der Waals surface area contributed by atoms with E-state index in [1.165, 1.54) is 24.4 Å². The van der Waals surface area contributed by atoms with Crippen LogP contribution in [0, 0.1) is 39.5 Å². The molecule has 0 aliphatic heterocycles. The van der Waals surface area contributed by atoms with Gasteiger partial charge in [-0.3, -0.25) is 0 Å². The standard InChI is InChI=1S/C25H18NO.C19H16N.Ir/c1-16-13-23(26-15-17(16)2)21-10-6-9-20-22-14-19(18-7-4-3-5-8-18)11-12-24(22)27-25(20)21;1-14-8-10-17(11-9-14)19-12-18(15(2)13-20-19)16-6-4-3-5-7-16;/h3-9,11-15H,1-2H3;3-10,12-13H,1-2H3;/q2*-1;/i2*1D3,2D3;. The maximum Gasteiger partial charge on any atom is 0.120 e. The van der Waals surface area contributed by atoms with Gasteiger partial charge in [-0.25, -0.2) is 0 Å². The van der Waals surface area contributed by atoms with Gasteiger partial charge >= 0.3 is 0 Å². The fourth-order valence-electron chi connectivity index (χ4n) is 5.38. The Bertz CT molecular complexity index is 2760. The maximum atomic E-state index is 7.83. The molecule has 3 heterocycles. The quantitative estimate of drug-likeness (QED) is 0.166. The topological polar surface area (TPSA) is 38.9 Å². The van der Waals surface area contributed by atoms with Crippen LogP contribution >= 0.6 is 0 Å². The number of rotatable bonds is 4. The fraction of sp³-hybridized carbons (Fsp3) is 0.0909. The fourth-order valence-corrected chi connectivity index (χ4v) is 5.38. The van der Waals surface area contributed by atoms with Crippen LogP contribution in [0.15, 0.2) is 138 Å². The molecule has 0 N–H and O–H groups in total. The minimum Gasteiger partial charge on any atom is -0.501 e. The number of pyridine rings is 2. The molecule has 0 saturated carbocycles. The van der Waals surface area contributed by atoms with Crippen LogP contribution in [0.25, 0.3) is 66.7 Å². The van der Waals surface area contributed by atoms with Gasteiger partial charge in [0.25, 0.3) is 0 Å². The molecule has 3 nitrogen and oxygen atoms in total. The van der Waals surface area contributed by atoms with E-state index >= 15 is 0 Å². The summed E-state index contributed by atoms with van der Waals surface area (Å²) in [5.41, 5.74) is 6.43. The van der Waals surface area contributed by atoms with Gasteiger partial charge in [-0.1, -0.05) is 102 Å².